The quantitative estimate of drug-likeness (QED) is 0.653. The van der Waals surface area contributed by atoms with Crippen molar-refractivity contribution in [1.82, 2.24) is 14.8 Å². The number of nitrogens with one attached hydrogen (secondary N) is 1. The van der Waals surface area contributed by atoms with Gasteiger partial charge in [-0.3, -0.25) is 0 Å². The lowest BCUT2D eigenvalue weighted by molar-refractivity contribution is 0.607. The molecule has 0 saturated heterocycles. The van der Waals surface area contributed by atoms with Gasteiger partial charge in [0.15, 0.2) is 0 Å². The Bertz CT molecular complexity index is 913. The fourth-order valence-corrected chi connectivity index (χ4v) is 3.19. The zero-order chi connectivity index (χ0) is 16.7. The van der Waals surface area contributed by atoms with Crippen LogP contribution in [0.1, 0.15) is 23.0 Å². The summed E-state index contributed by atoms with van der Waals surface area (Å²) in [6.07, 6.45) is 2.16. The molecule has 6 heteroatoms. The molecular weight excluding hydrogens is 388 g/mol. The topological polar surface area (TPSA) is 42.7 Å². The van der Waals surface area contributed by atoms with Gasteiger partial charge in [-0.1, -0.05) is 51.8 Å². The van der Waals surface area contributed by atoms with Gasteiger partial charge in [-0.05, 0) is 48.4 Å². The average Bonchev–Trinajstić information content (AvgIpc) is 2.95. The Balaban J connectivity index is 1.82. The number of aryl methyl sites for hydroxylation is 1. The predicted molar refractivity (Wildman–Crippen MR) is 100 cm³/mol. The van der Waals surface area contributed by atoms with Crippen LogP contribution in [0.15, 0.2) is 59.1 Å². The largest absolute Gasteiger partial charge is 0.324 e. The normalized spacial score (nSPS) is 16.3. The van der Waals surface area contributed by atoms with Crippen LogP contribution in [0, 0.1) is 6.92 Å². The highest BCUT2D eigenvalue weighted by Gasteiger charge is 2.24. The van der Waals surface area contributed by atoms with E-state index in [1.54, 1.807) is 0 Å². The number of aromatic nitrogens is 3. The molecule has 1 N–H and O–H groups in total. The minimum Gasteiger partial charge on any atom is -0.324 e. The van der Waals surface area contributed by atoms with Crippen LogP contribution < -0.4 is 5.32 Å². The van der Waals surface area contributed by atoms with Crippen molar-refractivity contribution in [2.45, 2.75) is 13.0 Å². The van der Waals surface area contributed by atoms with Crippen molar-refractivity contribution in [3.8, 4) is 0 Å². The molecular formula is C18H14BrClN4. The van der Waals surface area contributed by atoms with Crippen molar-refractivity contribution in [2.75, 3.05) is 5.32 Å². The van der Waals surface area contributed by atoms with E-state index >= 15 is 0 Å². The summed E-state index contributed by atoms with van der Waals surface area (Å²) in [5.41, 5.74) is 3.23. The lowest BCUT2D eigenvalue weighted by Crippen LogP contribution is -2.20. The van der Waals surface area contributed by atoms with Crippen LogP contribution in [0.4, 0.5) is 5.95 Å². The number of hydrogen-bond donors (Lipinski definition) is 1. The van der Waals surface area contributed by atoms with Gasteiger partial charge in [-0.25, -0.2) is 4.68 Å². The molecule has 24 heavy (non-hydrogen) atoms. The van der Waals surface area contributed by atoms with Crippen molar-refractivity contribution in [3.63, 3.8) is 0 Å². The molecule has 1 aromatic heterocycles. The Kier molecular flexibility index (Phi) is 3.90. The maximum atomic E-state index is 6.03. The molecule has 0 saturated carbocycles. The highest BCUT2D eigenvalue weighted by atomic mass is 79.9. The van der Waals surface area contributed by atoms with Gasteiger partial charge < -0.3 is 5.32 Å². The number of hydrogen-bond acceptors (Lipinski definition) is 3. The van der Waals surface area contributed by atoms with Gasteiger partial charge in [0.2, 0.25) is 5.95 Å². The first kappa shape index (κ1) is 15.4. The lowest BCUT2D eigenvalue weighted by Gasteiger charge is -2.24. The summed E-state index contributed by atoms with van der Waals surface area (Å²) in [5.74, 6) is 1.48. The first-order valence-corrected chi connectivity index (χ1v) is 8.70. The highest BCUT2D eigenvalue weighted by molar-refractivity contribution is 9.10. The Hall–Kier alpha value is -2.11. The third kappa shape index (κ3) is 2.85. The number of allylic oxidation sites excluding steroid dienone is 1. The molecule has 1 aliphatic heterocycles. The third-order valence-corrected chi connectivity index (χ3v) is 4.72. The van der Waals surface area contributed by atoms with E-state index in [-0.39, 0.29) is 6.04 Å². The smallest absolute Gasteiger partial charge is 0.226 e. The second kappa shape index (κ2) is 6.07. The summed E-state index contributed by atoms with van der Waals surface area (Å²) in [6.45, 7) is 1.89. The van der Waals surface area contributed by atoms with Crippen molar-refractivity contribution < 1.29 is 0 Å². The van der Waals surface area contributed by atoms with Crippen LogP contribution in [0.5, 0.6) is 0 Å². The maximum Gasteiger partial charge on any atom is 0.226 e. The maximum absolute atomic E-state index is 6.03. The third-order valence-electron chi connectivity index (χ3n) is 3.94. The van der Waals surface area contributed by atoms with Gasteiger partial charge in [-0.2, -0.15) is 10.1 Å². The summed E-state index contributed by atoms with van der Waals surface area (Å²) in [6, 6.07) is 16.0. The summed E-state index contributed by atoms with van der Waals surface area (Å²) in [4.78, 5) is 4.50. The predicted octanol–water partition coefficient (Wildman–Crippen LogP) is 5.06. The van der Waals surface area contributed by atoms with E-state index in [9.17, 15) is 0 Å². The van der Waals surface area contributed by atoms with Crippen molar-refractivity contribution in [3.05, 3.63) is 81.1 Å². The lowest BCUT2D eigenvalue weighted by atomic mass is 10.0. The summed E-state index contributed by atoms with van der Waals surface area (Å²) in [7, 11) is 0. The van der Waals surface area contributed by atoms with Gasteiger partial charge in [0.25, 0.3) is 0 Å². The Labute approximate surface area is 153 Å². The van der Waals surface area contributed by atoms with Crippen LogP contribution >= 0.6 is 27.5 Å². The van der Waals surface area contributed by atoms with Crippen molar-refractivity contribution >= 4 is 39.2 Å². The molecule has 4 nitrogen and oxygen atoms in total. The molecule has 2 aromatic carbocycles. The minimum atomic E-state index is -0.0293. The molecule has 4 rings (SSSR count). The van der Waals surface area contributed by atoms with Gasteiger partial charge >= 0.3 is 0 Å². The van der Waals surface area contributed by atoms with E-state index in [1.165, 1.54) is 0 Å². The Morgan fingerprint density at radius 1 is 1.08 bits per heavy atom. The van der Waals surface area contributed by atoms with E-state index in [0.29, 0.717) is 0 Å². The van der Waals surface area contributed by atoms with Gasteiger partial charge in [-0.15, -0.1) is 0 Å². The number of rotatable bonds is 2. The zero-order valence-corrected chi connectivity index (χ0v) is 15.2. The molecule has 1 aliphatic rings. The van der Waals surface area contributed by atoms with E-state index < -0.39 is 0 Å². The molecule has 0 amide bonds. The second-order valence-corrected chi connectivity index (χ2v) is 6.99. The number of nitrogens with zero attached hydrogens (tertiary/aromatic N) is 3. The van der Waals surface area contributed by atoms with Gasteiger partial charge in [0.05, 0.1) is 0 Å². The number of anilines is 1. The minimum absolute atomic E-state index is 0.0293. The molecule has 0 aliphatic carbocycles. The number of fused-ring (bicyclic) bond motifs is 1. The highest BCUT2D eigenvalue weighted by Crippen LogP contribution is 2.33. The van der Waals surface area contributed by atoms with Crippen LogP contribution in [0.2, 0.25) is 5.02 Å². The molecule has 0 radical (unpaired) electrons. The van der Waals surface area contributed by atoms with E-state index in [2.05, 4.69) is 49.5 Å². The molecule has 0 bridgehead atoms. The molecule has 3 aromatic rings. The van der Waals surface area contributed by atoms with Crippen LogP contribution in [-0.2, 0) is 0 Å². The van der Waals surface area contributed by atoms with E-state index in [0.717, 1.165) is 38.1 Å². The van der Waals surface area contributed by atoms with E-state index in [4.69, 9.17) is 11.6 Å². The molecule has 0 fully saturated rings. The Morgan fingerprint density at radius 2 is 1.79 bits per heavy atom. The van der Waals surface area contributed by atoms with Gasteiger partial charge in [0, 0.05) is 15.2 Å². The standard InChI is InChI=1S/C18H14BrClN4/c1-11-21-18-22-16(12-2-6-14(19)7-3-12)10-17(24(18)23-11)13-4-8-15(20)9-5-13/h2-10,17H,1H3,(H,21,22,23)/t17-/m1/s1. The molecule has 1 atom stereocenters. The summed E-state index contributed by atoms with van der Waals surface area (Å²) in [5, 5.41) is 8.63. The fourth-order valence-electron chi connectivity index (χ4n) is 2.80. The van der Waals surface area contributed by atoms with Crippen molar-refractivity contribution in [1.29, 1.82) is 0 Å². The van der Waals surface area contributed by atoms with Crippen LogP contribution in [0.25, 0.3) is 5.70 Å². The molecule has 0 unspecified atom stereocenters. The molecule has 2 heterocycles. The first-order valence-electron chi connectivity index (χ1n) is 7.53. The first-order chi connectivity index (χ1) is 11.6. The number of benzene rings is 2. The average molecular weight is 402 g/mol. The molecule has 120 valence electrons. The number of halogens is 2. The fraction of sp³-hybridized carbons (Fsp3) is 0.111. The Morgan fingerprint density at radius 3 is 2.50 bits per heavy atom. The second-order valence-electron chi connectivity index (χ2n) is 5.64. The molecule has 0 spiro atoms. The van der Waals surface area contributed by atoms with Crippen LogP contribution in [-0.4, -0.2) is 14.8 Å². The SMILES string of the molecule is Cc1nc2n(n1)[C@@H](c1ccc(Cl)cc1)C=C(c1ccc(Br)cc1)N2. The monoisotopic (exact) mass is 400 g/mol. The van der Waals surface area contributed by atoms with Crippen molar-refractivity contribution in [2.24, 2.45) is 0 Å². The zero-order valence-electron chi connectivity index (χ0n) is 12.9. The van der Waals surface area contributed by atoms with Gasteiger partial charge in [0.1, 0.15) is 11.9 Å². The summed E-state index contributed by atoms with van der Waals surface area (Å²) >= 11 is 9.50. The van der Waals surface area contributed by atoms with Crippen LogP contribution in [0.3, 0.4) is 0 Å². The summed E-state index contributed by atoms with van der Waals surface area (Å²) < 4.78 is 2.96. The van der Waals surface area contributed by atoms with E-state index in [1.807, 2.05) is 48.0 Å².